The van der Waals surface area contributed by atoms with E-state index in [0.717, 1.165) is 35.9 Å². The average molecular weight is 335 g/mol. The number of carbonyl (C=O) groups is 1. The van der Waals surface area contributed by atoms with Crippen molar-refractivity contribution in [3.05, 3.63) is 69.6 Å². The summed E-state index contributed by atoms with van der Waals surface area (Å²) < 4.78 is 0. The number of amides is 1. The van der Waals surface area contributed by atoms with Gasteiger partial charge in [-0.3, -0.25) is 4.79 Å². The van der Waals surface area contributed by atoms with E-state index in [4.69, 9.17) is 0 Å². The summed E-state index contributed by atoms with van der Waals surface area (Å²) in [5.74, 6) is 0.0877. The summed E-state index contributed by atoms with van der Waals surface area (Å²) in [4.78, 5) is 29.6. The largest absolute Gasteiger partial charge is 0.352 e. The molecule has 1 aromatic heterocycles. The van der Waals surface area contributed by atoms with Gasteiger partial charge in [-0.15, -0.1) is 0 Å². The van der Waals surface area contributed by atoms with Crippen LogP contribution in [0.1, 0.15) is 30.0 Å². The first-order chi connectivity index (χ1) is 12.0. The number of aromatic amines is 2. The third-order valence-corrected chi connectivity index (χ3v) is 5.23. The van der Waals surface area contributed by atoms with Crippen LogP contribution in [0.4, 0.5) is 0 Å². The fourth-order valence-electron chi connectivity index (χ4n) is 3.67. The summed E-state index contributed by atoms with van der Waals surface area (Å²) in [5.41, 5.74) is 4.54. The van der Waals surface area contributed by atoms with Gasteiger partial charge < -0.3 is 15.3 Å². The number of imidazole rings is 1. The zero-order valence-corrected chi connectivity index (χ0v) is 14.2. The van der Waals surface area contributed by atoms with Crippen LogP contribution in [0.15, 0.2) is 47.3 Å². The molecule has 0 fully saturated rings. The normalized spacial score (nSPS) is 19.6. The lowest BCUT2D eigenvalue weighted by Crippen LogP contribution is -2.42. The molecule has 5 heteroatoms. The number of benzene rings is 2. The number of rotatable bonds is 3. The molecule has 2 aromatic carbocycles. The number of aryl methyl sites for hydroxylation is 1. The third kappa shape index (κ3) is 2.97. The molecular weight excluding hydrogens is 314 g/mol. The Morgan fingerprint density at radius 1 is 1.12 bits per heavy atom. The molecule has 0 spiro atoms. The third-order valence-electron chi connectivity index (χ3n) is 5.23. The summed E-state index contributed by atoms with van der Waals surface area (Å²) in [5, 5.41) is 3.07. The lowest BCUT2D eigenvalue weighted by atomic mass is 9.72. The summed E-state index contributed by atoms with van der Waals surface area (Å²) in [7, 11) is 0. The molecule has 0 saturated carbocycles. The predicted molar refractivity (Wildman–Crippen MR) is 97.3 cm³/mol. The minimum atomic E-state index is -0.374. The van der Waals surface area contributed by atoms with Crippen LogP contribution in [-0.2, 0) is 24.2 Å². The molecule has 0 radical (unpaired) electrons. The maximum absolute atomic E-state index is 12.8. The molecule has 1 atom stereocenters. The first kappa shape index (κ1) is 15.7. The van der Waals surface area contributed by atoms with Crippen LogP contribution < -0.4 is 11.0 Å². The summed E-state index contributed by atoms with van der Waals surface area (Å²) in [6.07, 6.45) is 2.58. The van der Waals surface area contributed by atoms with Gasteiger partial charge in [0.2, 0.25) is 5.91 Å². The molecule has 0 saturated heterocycles. The van der Waals surface area contributed by atoms with Crippen molar-refractivity contribution in [1.29, 1.82) is 0 Å². The smallest absolute Gasteiger partial charge is 0.323 e. The number of fused-ring (bicyclic) bond motifs is 2. The fraction of sp³-hybridized carbons (Fsp3) is 0.300. The van der Waals surface area contributed by atoms with Gasteiger partial charge in [0.1, 0.15) is 0 Å². The van der Waals surface area contributed by atoms with E-state index in [0.29, 0.717) is 6.54 Å². The van der Waals surface area contributed by atoms with E-state index < -0.39 is 0 Å². The molecule has 1 aliphatic carbocycles. The maximum Gasteiger partial charge on any atom is 0.323 e. The molecule has 1 aliphatic rings. The predicted octanol–water partition coefficient (Wildman–Crippen LogP) is 2.67. The molecule has 5 nitrogen and oxygen atoms in total. The van der Waals surface area contributed by atoms with E-state index in [1.54, 1.807) is 0 Å². The van der Waals surface area contributed by atoms with E-state index in [1.807, 2.05) is 31.2 Å². The average Bonchev–Trinajstić information content (AvgIpc) is 2.98. The van der Waals surface area contributed by atoms with Crippen molar-refractivity contribution in [3.63, 3.8) is 0 Å². The van der Waals surface area contributed by atoms with Gasteiger partial charge >= 0.3 is 5.69 Å². The zero-order valence-electron chi connectivity index (χ0n) is 14.2. The van der Waals surface area contributed by atoms with E-state index in [-0.39, 0.29) is 17.0 Å². The number of hydrogen-bond donors (Lipinski definition) is 3. The molecule has 3 aromatic rings. The van der Waals surface area contributed by atoms with Gasteiger partial charge in [0.25, 0.3) is 0 Å². The summed E-state index contributed by atoms with van der Waals surface area (Å²) in [6.45, 7) is 2.50. The Balaban J connectivity index is 1.47. The van der Waals surface area contributed by atoms with Crippen LogP contribution in [0.5, 0.6) is 0 Å². The molecular formula is C20H21N3O2. The van der Waals surface area contributed by atoms with E-state index in [9.17, 15) is 9.59 Å². The number of carbonyl (C=O) groups excluding carboxylic acids is 1. The minimum Gasteiger partial charge on any atom is -0.352 e. The van der Waals surface area contributed by atoms with Crippen molar-refractivity contribution < 1.29 is 4.79 Å². The van der Waals surface area contributed by atoms with Crippen molar-refractivity contribution >= 4 is 16.9 Å². The second-order valence-electron chi connectivity index (χ2n) is 7.15. The number of hydrogen-bond acceptors (Lipinski definition) is 2. The van der Waals surface area contributed by atoms with E-state index in [1.165, 1.54) is 11.1 Å². The summed E-state index contributed by atoms with van der Waals surface area (Å²) >= 11 is 0. The maximum atomic E-state index is 12.8. The highest BCUT2D eigenvalue weighted by Gasteiger charge is 2.36. The van der Waals surface area contributed by atoms with Gasteiger partial charge in [-0.25, -0.2) is 4.79 Å². The molecule has 1 heterocycles. The Morgan fingerprint density at radius 3 is 2.72 bits per heavy atom. The van der Waals surface area contributed by atoms with Crippen LogP contribution in [0.2, 0.25) is 0 Å². The van der Waals surface area contributed by atoms with Crippen LogP contribution in [0.3, 0.4) is 0 Å². The Morgan fingerprint density at radius 2 is 1.88 bits per heavy atom. The van der Waals surface area contributed by atoms with E-state index in [2.05, 4.69) is 33.5 Å². The Kier molecular flexibility index (Phi) is 3.71. The number of aromatic nitrogens is 2. The second kappa shape index (κ2) is 5.92. The van der Waals surface area contributed by atoms with Gasteiger partial charge in [0.05, 0.1) is 16.4 Å². The minimum absolute atomic E-state index is 0.0877. The van der Waals surface area contributed by atoms with Crippen molar-refractivity contribution in [2.75, 3.05) is 0 Å². The standard InChI is InChI=1S/C20H21N3O2/c1-20(9-8-14-4-2-3-5-15(14)11-20)18(24)21-12-13-6-7-16-17(10-13)23-19(25)22-16/h2-7,10H,8-9,11-12H2,1H3,(H,21,24)(H2,22,23,25). The van der Waals surface area contributed by atoms with Crippen molar-refractivity contribution in [1.82, 2.24) is 15.3 Å². The molecule has 0 bridgehead atoms. The van der Waals surface area contributed by atoms with Gasteiger partial charge in [-0.2, -0.15) is 0 Å². The quantitative estimate of drug-likeness (QED) is 0.688. The van der Waals surface area contributed by atoms with Crippen molar-refractivity contribution in [2.24, 2.45) is 5.41 Å². The Hall–Kier alpha value is -2.82. The van der Waals surface area contributed by atoms with Crippen LogP contribution in [-0.4, -0.2) is 15.9 Å². The molecule has 3 N–H and O–H groups in total. The molecule has 25 heavy (non-hydrogen) atoms. The summed E-state index contributed by atoms with van der Waals surface area (Å²) in [6, 6.07) is 14.0. The first-order valence-corrected chi connectivity index (χ1v) is 8.59. The Bertz CT molecular complexity index is 1000. The highest BCUT2D eigenvalue weighted by molar-refractivity contribution is 5.83. The van der Waals surface area contributed by atoms with Crippen molar-refractivity contribution in [3.8, 4) is 0 Å². The highest BCUT2D eigenvalue weighted by Crippen LogP contribution is 2.35. The topological polar surface area (TPSA) is 77.8 Å². The monoisotopic (exact) mass is 335 g/mol. The van der Waals surface area contributed by atoms with E-state index >= 15 is 0 Å². The number of nitrogens with one attached hydrogen (secondary N) is 3. The molecule has 0 aliphatic heterocycles. The van der Waals surface area contributed by atoms with Gasteiger partial charge in [0, 0.05) is 6.54 Å². The van der Waals surface area contributed by atoms with Gasteiger partial charge in [-0.05, 0) is 48.1 Å². The Labute approximate surface area is 145 Å². The second-order valence-corrected chi connectivity index (χ2v) is 7.15. The lowest BCUT2D eigenvalue weighted by Gasteiger charge is -2.33. The van der Waals surface area contributed by atoms with Crippen LogP contribution in [0, 0.1) is 5.41 Å². The SMILES string of the molecule is CC1(C(=O)NCc2ccc3[nH]c(=O)[nH]c3c2)CCc2ccccc2C1. The lowest BCUT2D eigenvalue weighted by molar-refractivity contribution is -0.131. The molecule has 1 unspecified atom stereocenters. The van der Waals surface area contributed by atoms with Crippen LogP contribution >= 0.6 is 0 Å². The van der Waals surface area contributed by atoms with Gasteiger partial charge in [-0.1, -0.05) is 37.3 Å². The van der Waals surface area contributed by atoms with Crippen molar-refractivity contribution in [2.45, 2.75) is 32.7 Å². The molecule has 128 valence electrons. The fourth-order valence-corrected chi connectivity index (χ4v) is 3.67. The molecule has 1 amide bonds. The first-order valence-electron chi connectivity index (χ1n) is 8.59. The zero-order chi connectivity index (χ0) is 17.4. The van der Waals surface area contributed by atoms with Gasteiger partial charge in [0.15, 0.2) is 0 Å². The highest BCUT2D eigenvalue weighted by atomic mass is 16.2. The van der Waals surface area contributed by atoms with Crippen LogP contribution in [0.25, 0.3) is 11.0 Å². The number of H-pyrrole nitrogens is 2. The molecule has 4 rings (SSSR count).